The lowest BCUT2D eigenvalue weighted by molar-refractivity contribution is 0.262. The molecule has 2 aromatic heterocycles. The second-order valence-corrected chi connectivity index (χ2v) is 10.4. The number of nitrogens with zero attached hydrogens (tertiary/aromatic N) is 3. The first kappa shape index (κ1) is 26.1. The monoisotopic (exact) mass is 559 g/mol. The van der Waals surface area contributed by atoms with Crippen LogP contribution in [0.25, 0.3) is 11.3 Å². The van der Waals surface area contributed by atoms with Crippen molar-refractivity contribution in [2.24, 2.45) is 0 Å². The number of sulfone groups is 1. The van der Waals surface area contributed by atoms with Crippen LogP contribution in [0.3, 0.4) is 0 Å². The minimum absolute atomic E-state index is 0.0409. The van der Waals surface area contributed by atoms with Crippen LogP contribution in [0.4, 0.5) is 16.2 Å². The summed E-state index contributed by atoms with van der Waals surface area (Å²) < 4.78 is 27.4. The van der Waals surface area contributed by atoms with Crippen LogP contribution in [0.2, 0.25) is 10.0 Å². The number of amides is 2. The molecular weight excluding hydrogens is 541 g/mol. The second-order valence-electron chi connectivity index (χ2n) is 7.65. The van der Waals surface area contributed by atoms with Crippen molar-refractivity contribution in [3.8, 4) is 17.0 Å². The normalized spacial score (nSPS) is 11.2. The Hall–Kier alpha value is -3.93. The summed E-state index contributed by atoms with van der Waals surface area (Å²) in [5, 5.41) is 19.2. The fourth-order valence-corrected chi connectivity index (χ4v) is 5.20. The van der Waals surface area contributed by atoms with Gasteiger partial charge in [-0.2, -0.15) is 5.10 Å². The van der Waals surface area contributed by atoms with Crippen molar-refractivity contribution in [2.45, 2.75) is 23.3 Å². The summed E-state index contributed by atoms with van der Waals surface area (Å²) in [5.74, 6) is -0.183. The van der Waals surface area contributed by atoms with Gasteiger partial charge in [-0.15, -0.1) is 0 Å². The average Bonchev–Trinajstić information content (AvgIpc) is 2.87. The first-order chi connectivity index (χ1) is 17.6. The Balaban J connectivity index is 1.70. The predicted octanol–water partition coefficient (Wildman–Crippen LogP) is 4.81. The maximum Gasteiger partial charge on any atom is 0.323 e. The first-order valence-electron chi connectivity index (χ1n) is 10.7. The van der Waals surface area contributed by atoms with Gasteiger partial charge in [0.1, 0.15) is 11.4 Å². The largest absolute Gasteiger partial charge is 0.508 e. The molecule has 4 rings (SSSR count). The summed E-state index contributed by atoms with van der Waals surface area (Å²) in [6, 6.07) is 11.8. The lowest BCUT2D eigenvalue weighted by atomic mass is 10.1. The molecule has 2 heterocycles. The van der Waals surface area contributed by atoms with Crippen molar-refractivity contribution >= 4 is 50.4 Å². The zero-order valence-electron chi connectivity index (χ0n) is 19.1. The van der Waals surface area contributed by atoms with Gasteiger partial charge in [0.05, 0.1) is 31.2 Å². The minimum Gasteiger partial charge on any atom is -0.508 e. The maximum atomic E-state index is 13.1. The Morgan fingerprint density at radius 3 is 2.30 bits per heavy atom. The number of phenolic OH excluding ortho intramolecular Hbond substituents is 1. The van der Waals surface area contributed by atoms with Crippen LogP contribution < -0.4 is 16.2 Å². The molecule has 0 atom stereocenters. The number of carbonyl (C=O) groups excluding carboxylic acids is 1. The number of rotatable bonds is 6. The molecular formula is C24H19Cl2N5O5S. The minimum atomic E-state index is -3.95. The molecule has 2 aromatic carbocycles. The Morgan fingerprint density at radius 1 is 1.00 bits per heavy atom. The standard InChI is InChI=1S/C24H19Cl2N5O5S/c1-2-31-23(33)21(28-24(34)29-22-18(25)12-27-13-19(22)26)11-20(30-31)14-5-3-7-16(9-14)37(35,36)17-8-4-6-15(32)10-17/h3-13,32H,2H2,1H3,(H2,27,28,29,34). The van der Waals surface area contributed by atoms with Gasteiger partial charge in [0.25, 0.3) is 5.56 Å². The van der Waals surface area contributed by atoms with Gasteiger partial charge in [-0.3, -0.25) is 9.78 Å². The van der Waals surface area contributed by atoms with Crippen LogP contribution in [-0.2, 0) is 16.4 Å². The highest BCUT2D eigenvalue weighted by Crippen LogP contribution is 2.29. The van der Waals surface area contributed by atoms with Crippen LogP contribution in [0.5, 0.6) is 5.75 Å². The molecule has 0 unspecified atom stereocenters. The molecule has 10 nitrogen and oxygen atoms in total. The van der Waals surface area contributed by atoms with Crippen LogP contribution >= 0.6 is 23.2 Å². The van der Waals surface area contributed by atoms with E-state index in [0.717, 1.165) is 10.7 Å². The Kier molecular flexibility index (Phi) is 7.48. The van der Waals surface area contributed by atoms with Crippen LogP contribution in [0.1, 0.15) is 6.92 Å². The predicted molar refractivity (Wildman–Crippen MR) is 140 cm³/mol. The summed E-state index contributed by atoms with van der Waals surface area (Å²) in [6.45, 7) is 1.88. The van der Waals surface area contributed by atoms with Gasteiger partial charge in [0, 0.05) is 24.5 Å². The van der Waals surface area contributed by atoms with Crippen LogP contribution in [0, 0.1) is 0 Å². The topological polar surface area (TPSA) is 143 Å². The SMILES string of the molecule is CCn1nc(-c2cccc(S(=O)(=O)c3cccc(O)c3)c2)cc(NC(=O)Nc2c(Cl)cncc2Cl)c1=O. The summed E-state index contributed by atoms with van der Waals surface area (Å²) in [7, 11) is -3.95. The third-order valence-corrected chi connectivity index (χ3v) is 7.50. The Labute approximate surface area is 221 Å². The van der Waals surface area contributed by atoms with Crippen molar-refractivity contribution in [2.75, 3.05) is 10.6 Å². The lowest BCUT2D eigenvalue weighted by Crippen LogP contribution is -2.29. The van der Waals surface area contributed by atoms with Crippen molar-refractivity contribution in [1.29, 1.82) is 0 Å². The van der Waals surface area contributed by atoms with E-state index in [1.807, 2.05) is 0 Å². The van der Waals surface area contributed by atoms with E-state index in [0.29, 0.717) is 5.56 Å². The van der Waals surface area contributed by atoms with E-state index in [4.69, 9.17) is 23.2 Å². The number of nitrogens with one attached hydrogen (secondary N) is 2. The molecule has 0 aliphatic rings. The van der Waals surface area contributed by atoms with Gasteiger partial charge in [-0.05, 0) is 43.3 Å². The van der Waals surface area contributed by atoms with Gasteiger partial charge >= 0.3 is 6.03 Å². The van der Waals surface area contributed by atoms with Gasteiger partial charge in [-0.1, -0.05) is 41.4 Å². The molecule has 0 saturated carbocycles. The number of benzene rings is 2. The number of hydrogen-bond donors (Lipinski definition) is 3. The number of anilines is 2. The van der Waals surface area contributed by atoms with Gasteiger partial charge in [0.2, 0.25) is 9.84 Å². The number of aryl methyl sites for hydroxylation is 1. The van der Waals surface area contributed by atoms with Gasteiger partial charge in [0.15, 0.2) is 0 Å². The van der Waals surface area contributed by atoms with Gasteiger partial charge in [-0.25, -0.2) is 17.9 Å². The van der Waals surface area contributed by atoms with E-state index in [-0.39, 0.29) is 49.2 Å². The fourth-order valence-electron chi connectivity index (χ4n) is 3.39. The lowest BCUT2D eigenvalue weighted by Gasteiger charge is -2.13. The number of carbonyl (C=O) groups is 1. The van der Waals surface area contributed by atoms with Crippen LogP contribution in [0.15, 0.2) is 81.6 Å². The number of hydrogen-bond acceptors (Lipinski definition) is 7. The molecule has 0 saturated heterocycles. The first-order valence-corrected chi connectivity index (χ1v) is 13.0. The molecule has 0 radical (unpaired) electrons. The summed E-state index contributed by atoms with van der Waals surface area (Å²) in [4.78, 5) is 29.1. The number of urea groups is 1. The maximum absolute atomic E-state index is 13.1. The van der Waals surface area contributed by atoms with E-state index in [9.17, 15) is 23.1 Å². The quantitative estimate of drug-likeness (QED) is 0.307. The number of pyridine rings is 1. The Bertz CT molecular complexity index is 1650. The highest BCUT2D eigenvalue weighted by Gasteiger charge is 2.20. The molecule has 0 aliphatic carbocycles. The van der Waals surface area contributed by atoms with Crippen molar-refractivity contribution in [3.63, 3.8) is 0 Å². The highest BCUT2D eigenvalue weighted by atomic mass is 35.5. The van der Waals surface area contributed by atoms with Crippen molar-refractivity contribution in [1.82, 2.24) is 14.8 Å². The molecule has 0 spiro atoms. The van der Waals surface area contributed by atoms with Crippen LogP contribution in [-0.4, -0.2) is 34.3 Å². The molecule has 3 N–H and O–H groups in total. The summed E-state index contributed by atoms with van der Waals surface area (Å²) >= 11 is 12.1. The molecule has 0 fully saturated rings. The van der Waals surface area contributed by atoms with Crippen molar-refractivity contribution < 1.29 is 18.3 Å². The van der Waals surface area contributed by atoms with E-state index in [1.165, 1.54) is 54.9 Å². The zero-order valence-corrected chi connectivity index (χ0v) is 21.5. The van der Waals surface area contributed by atoms with E-state index >= 15 is 0 Å². The molecule has 37 heavy (non-hydrogen) atoms. The second kappa shape index (κ2) is 10.6. The average molecular weight is 560 g/mol. The molecule has 2 amide bonds. The molecule has 4 aromatic rings. The molecule has 13 heteroatoms. The van der Waals surface area contributed by atoms with Crippen molar-refractivity contribution in [3.05, 3.63) is 87.4 Å². The summed E-state index contributed by atoms with van der Waals surface area (Å²) in [5.41, 5.74) is 0.0614. The number of phenols is 1. The fraction of sp³-hybridized carbons (Fsp3) is 0.0833. The zero-order chi connectivity index (χ0) is 26.7. The highest BCUT2D eigenvalue weighted by molar-refractivity contribution is 7.91. The smallest absolute Gasteiger partial charge is 0.323 e. The summed E-state index contributed by atoms with van der Waals surface area (Å²) in [6.07, 6.45) is 2.60. The number of aromatic nitrogens is 3. The number of aromatic hydroxyl groups is 1. The molecule has 0 aliphatic heterocycles. The Morgan fingerprint density at radius 2 is 1.65 bits per heavy atom. The third-order valence-electron chi connectivity index (χ3n) is 5.18. The molecule has 0 bridgehead atoms. The third kappa shape index (κ3) is 5.58. The van der Waals surface area contributed by atoms with E-state index < -0.39 is 21.4 Å². The van der Waals surface area contributed by atoms with E-state index in [2.05, 4.69) is 20.7 Å². The molecule has 190 valence electrons. The number of halogens is 2. The van der Waals surface area contributed by atoms with Gasteiger partial charge < -0.3 is 15.7 Å². The van der Waals surface area contributed by atoms with E-state index in [1.54, 1.807) is 13.0 Å².